The van der Waals surface area contributed by atoms with Crippen molar-refractivity contribution in [3.63, 3.8) is 0 Å². The monoisotopic (exact) mass is 742 g/mol. The van der Waals surface area contributed by atoms with Crippen LogP contribution in [0.15, 0.2) is 48.5 Å². The van der Waals surface area contributed by atoms with Gasteiger partial charge in [0.05, 0.1) is 35.7 Å². The Morgan fingerprint density at radius 1 is 0.885 bits per heavy atom. The van der Waals surface area contributed by atoms with Gasteiger partial charge in [0.25, 0.3) is 0 Å². The molecule has 2 saturated heterocycles. The van der Waals surface area contributed by atoms with Crippen molar-refractivity contribution < 1.29 is 19.1 Å². The number of amides is 2. The lowest BCUT2D eigenvalue weighted by molar-refractivity contribution is -0.130. The molecule has 4 aromatic rings. The first-order valence-corrected chi connectivity index (χ1v) is 18.6. The number of aryl methyl sites for hydroxylation is 2. The molecule has 12 heteroatoms. The Balaban J connectivity index is 1.15. The largest absolute Gasteiger partial charge is 0.481 e. The number of benzene rings is 2. The van der Waals surface area contributed by atoms with Crippen LogP contribution in [-0.4, -0.2) is 84.6 Å². The minimum absolute atomic E-state index is 0.0979. The molecule has 2 fully saturated rings. The molecule has 2 N–H and O–H groups in total. The highest BCUT2D eigenvalue weighted by molar-refractivity contribution is 6.39. The normalized spacial score (nSPS) is 18.7. The number of ether oxygens (including phenoxy) is 2. The lowest BCUT2D eigenvalue weighted by Crippen LogP contribution is -2.47. The van der Waals surface area contributed by atoms with Gasteiger partial charge in [0.15, 0.2) is 0 Å². The van der Waals surface area contributed by atoms with Crippen LogP contribution in [0.5, 0.6) is 11.8 Å². The van der Waals surface area contributed by atoms with E-state index in [4.69, 9.17) is 42.6 Å². The van der Waals surface area contributed by atoms with E-state index in [1.807, 2.05) is 41.3 Å². The number of carbonyl (C=O) groups excluding carboxylic acids is 2. The van der Waals surface area contributed by atoms with Crippen molar-refractivity contribution >= 4 is 35.0 Å². The first-order valence-electron chi connectivity index (χ1n) is 17.9. The van der Waals surface area contributed by atoms with Crippen LogP contribution in [0.1, 0.15) is 54.5 Å². The molecule has 0 radical (unpaired) electrons. The maximum Gasteiger partial charge on any atom is 0.220 e. The maximum atomic E-state index is 11.8. The average molecular weight is 744 g/mol. The number of pyridine rings is 2. The number of nitrogens with zero attached hydrogens (tertiary/aromatic N) is 4. The zero-order chi connectivity index (χ0) is 36.5. The Kier molecular flexibility index (Phi) is 10.7. The van der Waals surface area contributed by atoms with E-state index >= 15 is 0 Å². The van der Waals surface area contributed by atoms with Gasteiger partial charge in [-0.1, -0.05) is 59.6 Å². The van der Waals surface area contributed by atoms with Crippen LogP contribution in [0.4, 0.5) is 0 Å². The zero-order valence-corrected chi connectivity index (χ0v) is 31.5. The van der Waals surface area contributed by atoms with Crippen molar-refractivity contribution in [2.45, 2.75) is 58.2 Å². The summed E-state index contributed by atoms with van der Waals surface area (Å²) in [6, 6.07) is 16.2. The van der Waals surface area contributed by atoms with E-state index in [-0.39, 0.29) is 23.9 Å². The Hall–Kier alpha value is -4.22. The molecule has 3 aliphatic rings. The van der Waals surface area contributed by atoms with Crippen molar-refractivity contribution in [3.8, 4) is 45.4 Å². The van der Waals surface area contributed by atoms with Gasteiger partial charge in [-0.05, 0) is 49.4 Å². The van der Waals surface area contributed by atoms with Crippen molar-refractivity contribution in [2.75, 3.05) is 46.9 Å². The molecule has 272 valence electrons. The fourth-order valence-corrected chi connectivity index (χ4v) is 8.36. The highest BCUT2D eigenvalue weighted by Gasteiger charge is 2.31. The molecule has 0 bridgehead atoms. The Morgan fingerprint density at radius 3 is 2.10 bits per heavy atom. The minimum Gasteiger partial charge on any atom is -0.481 e. The molecule has 2 amide bonds. The molecular weight excluding hydrogens is 699 g/mol. The Bertz CT molecular complexity index is 2010. The van der Waals surface area contributed by atoms with E-state index in [0.29, 0.717) is 60.1 Å². The van der Waals surface area contributed by atoms with Gasteiger partial charge in [0.1, 0.15) is 0 Å². The standard InChI is InChI=1S/C40H44Cl2N6O4/c1-23-19-33(45-39(51-3)31(23)22-47-15-17-48(18-16-47)24(2)49)29-9-5-7-27(37(29)41)28-8-6-10-30(38(28)42)34-20-25-11-13-32(36(25)40(46-34)52-4)43-21-26-12-14-35(50)44-26/h5-10,19-20,26,32,43H,11-18,21-22H2,1-4H3,(H,44,50). The predicted molar refractivity (Wildman–Crippen MR) is 204 cm³/mol. The maximum absolute atomic E-state index is 11.8. The molecule has 52 heavy (non-hydrogen) atoms. The van der Waals surface area contributed by atoms with Crippen LogP contribution in [0.25, 0.3) is 33.6 Å². The van der Waals surface area contributed by atoms with Gasteiger partial charge in [-0.3, -0.25) is 14.5 Å². The second-order valence-electron chi connectivity index (χ2n) is 13.8. The number of nitrogens with one attached hydrogen (secondary N) is 2. The van der Waals surface area contributed by atoms with Crippen molar-refractivity contribution in [2.24, 2.45) is 0 Å². The van der Waals surface area contributed by atoms with Crippen LogP contribution in [-0.2, 0) is 22.6 Å². The van der Waals surface area contributed by atoms with Crippen LogP contribution in [0, 0.1) is 6.92 Å². The summed E-state index contributed by atoms with van der Waals surface area (Å²) in [5, 5.41) is 7.75. The molecule has 2 unspecified atom stereocenters. The molecule has 7 rings (SSSR count). The summed E-state index contributed by atoms with van der Waals surface area (Å²) in [6.45, 7) is 8.10. The van der Waals surface area contributed by atoms with E-state index in [2.05, 4.69) is 34.6 Å². The third kappa shape index (κ3) is 7.22. The van der Waals surface area contributed by atoms with Crippen LogP contribution >= 0.6 is 23.2 Å². The number of methoxy groups -OCH3 is 2. The number of rotatable bonds is 10. The quantitative estimate of drug-likeness (QED) is 0.187. The van der Waals surface area contributed by atoms with Gasteiger partial charge >= 0.3 is 0 Å². The van der Waals surface area contributed by atoms with Crippen LogP contribution in [0.3, 0.4) is 0 Å². The molecule has 2 aliphatic heterocycles. The van der Waals surface area contributed by atoms with E-state index in [1.165, 1.54) is 5.56 Å². The van der Waals surface area contributed by atoms with Gasteiger partial charge in [-0.25, -0.2) is 9.97 Å². The summed E-state index contributed by atoms with van der Waals surface area (Å²) in [5.74, 6) is 1.37. The van der Waals surface area contributed by atoms with E-state index in [9.17, 15) is 9.59 Å². The number of aromatic nitrogens is 2. The second kappa shape index (κ2) is 15.4. The fraction of sp³-hybridized carbons (Fsp3) is 0.400. The SMILES string of the molecule is COc1nc(-c2cccc(-c3cccc(-c4cc5c(c(OC)n4)C(NCC4CCC(=O)N4)CC5)c3Cl)c2Cl)cc(C)c1CN1CCN(C(C)=O)CC1. The van der Waals surface area contributed by atoms with Crippen LogP contribution < -0.4 is 20.1 Å². The Morgan fingerprint density at radius 2 is 1.50 bits per heavy atom. The lowest BCUT2D eigenvalue weighted by atomic mass is 9.97. The lowest BCUT2D eigenvalue weighted by Gasteiger charge is -2.34. The molecule has 2 atom stereocenters. The number of halogens is 2. The molecule has 0 saturated carbocycles. The number of piperazine rings is 1. The Labute approximate surface area is 314 Å². The summed E-state index contributed by atoms with van der Waals surface area (Å²) in [7, 11) is 3.29. The smallest absolute Gasteiger partial charge is 0.220 e. The molecular formula is C40H44Cl2N6O4. The number of hydrogen-bond acceptors (Lipinski definition) is 8. The molecule has 2 aromatic carbocycles. The molecule has 10 nitrogen and oxygen atoms in total. The molecule has 2 aromatic heterocycles. The van der Waals surface area contributed by atoms with Gasteiger partial charge in [0.2, 0.25) is 23.6 Å². The van der Waals surface area contributed by atoms with Crippen molar-refractivity contribution in [1.82, 2.24) is 30.4 Å². The first kappa shape index (κ1) is 36.2. The third-order valence-corrected chi connectivity index (χ3v) is 11.4. The number of fused-ring (bicyclic) bond motifs is 1. The molecule has 1 aliphatic carbocycles. The van der Waals surface area contributed by atoms with Gasteiger partial charge < -0.3 is 25.0 Å². The highest BCUT2D eigenvalue weighted by Crippen LogP contribution is 2.45. The third-order valence-electron chi connectivity index (χ3n) is 10.6. The topological polar surface area (TPSA) is 109 Å². The van der Waals surface area contributed by atoms with E-state index in [0.717, 1.165) is 77.0 Å². The number of carbonyl (C=O) groups is 2. The van der Waals surface area contributed by atoms with E-state index < -0.39 is 0 Å². The van der Waals surface area contributed by atoms with Crippen LogP contribution in [0.2, 0.25) is 10.0 Å². The zero-order valence-electron chi connectivity index (χ0n) is 30.0. The average Bonchev–Trinajstić information content (AvgIpc) is 3.77. The number of hydrogen-bond donors (Lipinski definition) is 2. The summed E-state index contributed by atoms with van der Waals surface area (Å²) in [6.07, 6.45) is 3.23. The first-order chi connectivity index (χ1) is 25.1. The van der Waals surface area contributed by atoms with Gasteiger partial charge in [0, 0.05) is 98.1 Å². The fourth-order valence-electron chi connectivity index (χ4n) is 7.71. The summed E-state index contributed by atoms with van der Waals surface area (Å²) >= 11 is 14.4. The summed E-state index contributed by atoms with van der Waals surface area (Å²) in [4.78, 5) is 37.6. The van der Waals surface area contributed by atoms with E-state index in [1.54, 1.807) is 21.1 Å². The van der Waals surface area contributed by atoms with Crippen molar-refractivity contribution in [1.29, 1.82) is 0 Å². The van der Waals surface area contributed by atoms with Gasteiger partial charge in [-0.2, -0.15) is 0 Å². The second-order valence-corrected chi connectivity index (χ2v) is 14.6. The predicted octanol–water partition coefficient (Wildman–Crippen LogP) is 6.63. The minimum atomic E-state index is 0.0979. The molecule has 4 heterocycles. The highest BCUT2D eigenvalue weighted by atomic mass is 35.5. The summed E-state index contributed by atoms with van der Waals surface area (Å²) < 4.78 is 11.7. The van der Waals surface area contributed by atoms with Gasteiger partial charge in [-0.15, -0.1) is 0 Å². The summed E-state index contributed by atoms with van der Waals surface area (Å²) in [5.41, 5.74) is 8.90. The molecule has 0 spiro atoms. The van der Waals surface area contributed by atoms with Crippen molar-refractivity contribution in [3.05, 3.63) is 80.8 Å².